The molecule has 1 aliphatic heterocycles. The number of rotatable bonds is 5. The van der Waals surface area contributed by atoms with Crippen molar-refractivity contribution in [2.75, 3.05) is 19.8 Å². The second-order valence-electron chi connectivity index (χ2n) is 5.23. The van der Waals surface area contributed by atoms with Crippen molar-refractivity contribution in [3.63, 3.8) is 0 Å². The minimum Gasteiger partial charge on any atom is -0.465 e. The second-order valence-corrected chi connectivity index (χ2v) is 5.23. The molecule has 0 aromatic rings. The van der Waals surface area contributed by atoms with Gasteiger partial charge >= 0.3 is 5.97 Å². The lowest BCUT2D eigenvalue weighted by Crippen LogP contribution is -2.32. The summed E-state index contributed by atoms with van der Waals surface area (Å²) in [7, 11) is 0. The minimum atomic E-state index is -0.294. The summed E-state index contributed by atoms with van der Waals surface area (Å²) < 4.78 is 10.5. The first-order valence-corrected chi connectivity index (χ1v) is 5.99. The number of ether oxygens (including phenoxy) is 2. The van der Waals surface area contributed by atoms with E-state index in [2.05, 4.69) is 0 Å². The fourth-order valence-electron chi connectivity index (χ4n) is 1.62. The Morgan fingerprint density at radius 2 is 2.06 bits per heavy atom. The first-order chi connectivity index (χ1) is 7.47. The Balaban J connectivity index is 2.09. The molecule has 4 nitrogen and oxygen atoms in total. The van der Waals surface area contributed by atoms with Crippen LogP contribution in [0.25, 0.3) is 0 Å². The number of hydrogen-bond donors (Lipinski definition) is 1. The molecule has 1 rings (SSSR count). The monoisotopic (exact) mass is 229 g/mol. The van der Waals surface area contributed by atoms with Crippen molar-refractivity contribution >= 4 is 5.97 Å². The summed E-state index contributed by atoms with van der Waals surface area (Å²) in [6.45, 7) is 5.95. The molecule has 1 saturated heterocycles. The first kappa shape index (κ1) is 13.5. The largest absolute Gasteiger partial charge is 0.465 e. The van der Waals surface area contributed by atoms with E-state index in [1.54, 1.807) is 0 Å². The van der Waals surface area contributed by atoms with Gasteiger partial charge in [-0.15, -0.1) is 0 Å². The normalized spacial score (nSPS) is 18.4. The maximum atomic E-state index is 11.4. The molecule has 0 radical (unpaired) electrons. The summed E-state index contributed by atoms with van der Waals surface area (Å²) in [5.41, 5.74) is 5.50. The molecule has 0 saturated carbocycles. The molecule has 0 aromatic heterocycles. The van der Waals surface area contributed by atoms with Gasteiger partial charge in [0.2, 0.25) is 0 Å². The topological polar surface area (TPSA) is 61.6 Å². The van der Waals surface area contributed by atoms with Crippen molar-refractivity contribution in [3.8, 4) is 0 Å². The number of hydrogen-bond acceptors (Lipinski definition) is 4. The molecule has 1 fully saturated rings. The highest BCUT2D eigenvalue weighted by Gasteiger charge is 2.17. The smallest absolute Gasteiger partial charge is 0.305 e. The zero-order valence-corrected chi connectivity index (χ0v) is 10.3. The molecule has 1 heterocycles. The van der Waals surface area contributed by atoms with Crippen molar-refractivity contribution in [1.82, 2.24) is 0 Å². The highest BCUT2D eigenvalue weighted by Crippen LogP contribution is 2.15. The maximum Gasteiger partial charge on any atom is 0.305 e. The molecule has 0 atom stereocenters. The Morgan fingerprint density at radius 3 is 2.62 bits per heavy atom. The molecule has 4 heteroatoms. The lowest BCUT2D eigenvalue weighted by molar-refractivity contribution is -0.146. The SMILES string of the molecule is CC(C)(N)CCC(=O)OCC1CCOCC1. The Morgan fingerprint density at radius 1 is 1.44 bits per heavy atom. The molecular weight excluding hydrogens is 206 g/mol. The third-order valence-corrected chi connectivity index (χ3v) is 2.79. The van der Waals surface area contributed by atoms with Gasteiger partial charge in [-0.3, -0.25) is 4.79 Å². The Bertz CT molecular complexity index is 217. The van der Waals surface area contributed by atoms with E-state index in [-0.39, 0.29) is 11.5 Å². The maximum absolute atomic E-state index is 11.4. The quantitative estimate of drug-likeness (QED) is 0.725. The minimum absolute atomic E-state index is 0.134. The third-order valence-electron chi connectivity index (χ3n) is 2.79. The molecule has 0 aromatic carbocycles. The van der Waals surface area contributed by atoms with Crippen molar-refractivity contribution < 1.29 is 14.3 Å². The van der Waals surface area contributed by atoms with Crippen LogP contribution in [-0.2, 0) is 14.3 Å². The van der Waals surface area contributed by atoms with Crippen molar-refractivity contribution in [2.24, 2.45) is 11.7 Å². The van der Waals surface area contributed by atoms with E-state index in [1.807, 2.05) is 13.8 Å². The van der Waals surface area contributed by atoms with E-state index in [0.717, 1.165) is 26.1 Å². The van der Waals surface area contributed by atoms with Crippen LogP contribution in [0.1, 0.15) is 39.5 Å². The van der Waals surface area contributed by atoms with Gasteiger partial charge in [-0.2, -0.15) is 0 Å². The number of carbonyl (C=O) groups is 1. The van der Waals surface area contributed by atoms with E-state index >= 15 is 0 Å². The molecule has 1 aliphatic rings. The van der Waals surface area contributed by atoms with Crippen LogP contribution < -0.4 is 5.73 Å². The fraction of sp³-hybridized carbons (Fsp3) is 0.917. The summed E-state index contributed by atoms with van der Waals surface area (Å²) in [6, 6.07) is 0. The highest BCUT2D eigenvalue weighted by molar-refractivity contribution is 5.69. The molecule has 0 bridgehead atoms. The lowest BCUT2D eigenvalue weighted by atomic mass is 10.00. The predicted octanol–water partition coefficient (Wildman–Crippen LogP) is 1.47. The third kappa shape index (κ3) is 6.08. The summed E-state index contributed by atoms with van der Waals surface area (Å²) in [5.74, 6) is 0.341. The van der Waals surface area contributed by atoms with E-state index < -0.39 is 0 Å². The Hall–Kier alpha value is -0.610. The average Bonchev–Trinajstić information content (AvgIpc) is 2.24. The molecule has 0 unspecified atom stereocenters. The molecule has 16 heavy (non-hydrogen) atoms. The fourth-order valence-corrected chi connectivity index (χ4v) is 1.62. The van der Waals surface area contributed by atoms with Crippen LogP contribution in [0, 0.1) is 5.92 Å². The molecule has 2 N–H and O–H groups in total. The number of carbonyl (C=O) groups excluding carboxylic acids is 1. The average molecular weight is 229 g/mol. The predicted molar refractivity (Wildman–Crippen MR) is 62.0 cm³/mol. The van der Waals surface area contributed by atoms with Gasteiger partial charge in [0, 0.05) is 25.2 Å². The summed E-state index contributed by atoms with van der Waals surface area (Å²) in [4.78, 5) is 11.4. The van der Waals surface area contributed by atoms with Crippen molar-refractivity contribution in [3.05, 3.63) is 0 Å². The standard InChI is InChI=1S/C12H23NO3/c1-12(2,13)6-3-11(14)16-9-10-4-7-15-8-5-10/h10H,3-9,13H2,1-2H3. The van der Waals surface area contributed by atoms with Gasteiger partial charge in [0.1, 0.15) is 0 Å². The van der Waals surface area contributed by atoms with E-state index in [1.165, 1.54) is 0 Å². The second kappa shape index (κ2) is 6.21. The zero-order valence-electron chi connectivity index (χ0n) is 10.3. The molecule has 0 amide bonds. The highest BCUT2D eigenvalue weighted by atomic mass is 16.5. The van der Waals surface area contributed by atoms with Crippen LogP contribution >= 0.6 is 0 Å². The Kier molecular flexibility index (Phi) is 5.22. The zero-order chi connectivity index (χ0) is 12.0. The van der Waals surface area contributed by atoms with Gasteiger partial charge in [0.15, 0.2) is 0 Å². The van der Waals surface area contributed by atoms with Gasteiger partial charge in [-0.1, -0.05) is 0 Å². The molecule has 0 spiro atoms. The van der Waals surface area contributed by atoms with Crippen molar-refractivity contribution in [1.29, 1.82) is 0 Å². The van der Waals surface area contributed by atoms with Crippen LogP contribution in [0.3, 0.4) is 0 Å². The summed E-state index contributed by atoms with van der Waals surface area (Å²) in [5, 5.41) is 0. The van der Waals surface area contributed by atoms with Gasteiger partial charge in [-0.05, 0) is 39.0 Å². The molecular formula is C12H23NO3. The van der Waals surface area contributed by atoms with Gasteiger partial charge in [-0.25, -0.2) is 0 Å². The van der Waals surface area contributed by atoms with Crippen molar-refractivity contribution in [2.45, 2.75) is 45.1 Å². The number of esters is 1. The lowest BCUT2D eigenvalue weighted by Gasteiger charge is -2.22. The van der Waals surface area contributed by atoms with E-state index in [0.29, 0.717) is 25.4 Å². The summed E-state index contributed by atoms with van der Waals surface area (Å²) >= 11 is 0. The van der Waals surface area contributed by atoms with Gasteiger partial charge in [0.05, 0.1) is 6.61 Å². The van der Waals surface area contributed by atoms with Crippen LogP contribution in [0.15, 0.2) is 0 Å². The molecule has 94 valence electrons. The number of nitrogens with two attached hydrogens (primary N) is 1. The van der Waals surface area contributed by atoms with E-state index in [4.69, 9.17) is 15.2 Å². The van der Waals surface area contributed by atoms with Crippen LogP contribution in [0.2, 0.25) is 0 Å². The van der Waals surface area contributed by atoms with E-state index in [9.17, 15) is 4.79 Å². The first-order valence-electron chi connectivity index (χ1n) is 5.99. The van der Waals surface area contributed by atoms with Gasteiger partial charge in [0.25, 0.3) is 0 Å². The van der Waals surface area contributed by atoms with Gasteiger partial charge < -0.3 is 15.2 Å². The summed E-state index contributed by atoms with van der Waals surface area (Å²) in [6.07, 6.45) is 3.07. The Labute approximate surface area is 97.5 Å². The van der Waals surface area contributed by atoms with Crippen LogP contribution in [0.5, 0.6) is 0 Å². The van der Waals surface area contributed by atoms with Crippen LogP contribution in [0.4, 0.5) is 0 Å². The van der Waals surface area contributed by atoms with Crippen LogP contribution in [-0.4, -0.2) is 31.3 Å². The molecule has 0 aliphatic carbocycles.